The Kier molecular flexibility index (Phi) is 4.36. The fourth-order valence-electron chi connectivity index (χ4n) is 1.82. The second-order valence-electron chi connectivity index (χ2n) is 4.16. The van der Waals surface area contributed by atoms with Crippen molar-refractivity contribution >= 4 is 9.84 Å². The Labute approximate surface area is 108 Å². The predicted octanol–water partition coefficient (Wildman–Crippen LogP) is 2.39. The maximum atomic E-state index is 12.3. The highest BCUT2D eigenvalue weighted by Gasteiger charge is 2.28. The molecule has 0 saturated heterocycles. The van der Waals surface area contributed by atoms with Crippen LogP contribution in [-0.4, -0.2) is 20.8 Å². The molecule has 0 radical (unpaired) electrons. The van der Waals surface area contributed by atoms with E-state index in [2.05, 4.69) is 0 Å². The molecule has 98 valence electrons. The van der Waals surface area contributed by atoms with Crippen molar-refractivity contribution in [2.45, 2.75) is 37.3 Å². The summed E-state index contributed by atoms with van der Waals surface area (Å²) in [6.45, 7) is 5.18. The minimum Gasteiger partial charge on any atom is -0.496 e. The molecule has 0 saturated carbocycles. The van der Waals surface area contributed by atoms with E-state index in [1.807, 2.05) is 6.07 Å². The van der Waals surface area contributed by atoms with Crippen molar-refractivity contribution in [2.24, 2.45) is 0 Å². The van der Waals surface area contributed by atoms with E-state index >= 15 is 0 Å². The molecular weight excluding hydrogens is 250 g/mol. The first kappa shape index (κ1) is 14.5. The molecular formula is C13H17NO3S. The highest BCUT2D eigenvalue weighted by atomic mass is 32.2. The van der Waals surface area contributed by atoms with Gasteiger partial charge in [0.05, 0.1) is 18.1 Å². The lowest BCUT2D eigenvalue weighted by Crippen LogP contribution is -2.19. The van der Waals surface area contributed by atoms with E-state index in [0.29, 0.717) is 11.3 Å². The molecule has 1 rings (SSSR count). The van der Waals surface area contributed by atoms with Crippen LogP contribution in [0.2, 0.25) is 0 Å². The van der Waals surface area contributed by atoms with Gasteiger partial charge in [-0.2, -0.15) is 5.26 Å². The first-order valence-corrected chi connectivity index (χ1v) is 7.21. The largest absolute Gasteiger partial charge is 0.496 e. The molecule has 0 N–H and O–H groups in total. The van der Waals surface area contributed by atoms with Crippen LogP contribution in [0, 0.1) is 25.2 Å². The van der Waals surface area contributed by atoms with Gasteiger partial charge in [0.1, 0.15) is 5.75 Å². The zero-order chi connectivity index (χ0) is 13.9. The Bertz CT molecular complexity index is 585. The summed E-state index contributed by atoms with van der Waals surface area (Å²) < 4.78 is 29.8. The number of rotatable bonds is 4. The van der Waals surface area contributed by atoms with Crippen molar-refractivity contribution in [3.8, 4) is 11.8 Å². The van der Waals surface area contributed by atoms with Gasteiger partial charge in [0, 0.05) is 0 Å². The number of nitriles is 1. The molecule has 4 nitrogen and oxygen atoms in total. The van der Waals surface area contributed by atoms with E-state index in [9.17, 15) is 8.42 Å². The van der Waals surface area contributed by atoms with Crippen molar-refractivity contribution in [2.75, 3.05) is 7.11 Å². The molecule has 0 bridgehead atoms. The van der Waals surface area contributed by atoms with E-state index in [0.717, 1.165) is 5.56 Å². The molecule has 5 heteroatoms. The molecule has 1 atom stereocenters. The van der Waals surface area contributed by atoms with E-state index in [4.69, 9.17) is 10.00 Å². The SMILES string of the molecule is CCC(C#N)S(=O)(=O)c1cc(C)c(OC)cc1C. The zero-order valence-corrected chi connectivity index (χ0v) is 11.8. The topological polar surface area (TPSA) is 67.2 Å². The summed E-state index contributed by atoms with van der Waals surface area (Å²) in [5.41, 5.74) is 1.35. The summed E-state index contributed by atoms with van der Waals surface area (Å²) in [6.07, 6.45) is 0.281. The highest BCUT2D eigenvalue weighted by molar-refractivity contribution is 7.92. The van der Waals surface area contributed by atoms with Gasteiger partial charge in [0.2, 0.25) is 0 Å². The van der Waals surface area contributed by atoms with Crippen LogP contribution in [0.25, 0.3) is 0 Å². The van der Waals surface area contributed by atoms with Crippen LogP contribution in [0.3, 0.4) is 0 Å². The third-order valence-corrected chi connectivity index (χ3v) is 5.13. The van der Waals surface area contributed by atoms with Crippen molar-refractivity contribution in [3.05, 3.63) is 23.3 Å². The third kappa shape index (κ3) is 2.49. The van der Waals surface area contributed by atoms with Gasteiger partial charge >= 0.3 is 0 Å². The second-order valence-corrected chi connectivity index (χ2v) is 6.26. The summed E-state index contributed by atoms with van der Waals surface area (Å²) in [5.74, 6) is 0.649. The molecule has 1 aromatic rings. The number of nitrogens with zero attached hydrogens (tertiary/aromatic N) is 1. The normalized spacial score (nSPS) is 12.8. The summed E-state index contributed by atoms with van der Waals surface area (Å²) >= 11 is 0. The Morgan fingerprint density at radius 2 is 1.94 bits per heavy atom. The average Bonchev–Trinajstić information content (AvgIpc) is 2.32. The van der Waals surface area contributed by atoms with E-state index in [-0.39, 0.29) is 11.3 Å². The molecule has 0 spiro atoms. The summed E-state index contributed by atoms with van der Waals surface area (Å²) in [7, 11) is -2.05. The molecule has 18 heavy (non-hydrogen) atoms. The van der Waals surface area contributed by atoms with Crippen LogP contribution < -0.4 is 4.74 Å². The third-order valence-electron chi connectivity index (χ3n) is 2.89. The van der Waals surface area contributed by atoms with Crippen LogP contribution >= 0.6 is 0 Å². The summed E-state index contributed by atoms with van der Waals surface area (Å²) in [4.78, 5) is 0.217. The number of hydrogen-bond acceptors (Lipinski definition) is 4. The molecule has 0 aliphatic carbocycles. The van der Waals surface area contributed by atoms with Crippen LogP contribution in [-0.2, 0) is 9.84 Å². The van der Waals surface area contributed by atoms with Crippen molar-refractivity contribution in [1.29, 1.82) is 5.26 Å². The fraction of sp³-hybridized carbons (Fsp3) is 0.462. The highest BCUT2D eigenvalue weighted by Crippen LogP contribution is 2.28. The van der Waals surface area contributed by atoms with E-state index < -0.39 is 15.1 Å². The van der Waals surface area contributed by atoms with Gasteiger partial charge in [-0.05, 0) is 43.5 Å². The van der Waals surface area contributed by atoms with E-state index in [1.165, 1.54) is 0 Å². The lowest BCUT2D eigenvalue weighted by molar-refractivity contribution is 0.411. The number of aryl methyl sites for hydroxylation is 2. The monoisotopic (exact) mass is 267 g/mol. The molecule has 0 aliphatic heterocycles. The number of benzene rings is 1. The van der Waals surface area contributed by atoms with Gasteiger partial charge in [-0.3, -0.25) is 0 Å². The first-order valence-electron chi connectivity index (χ1n) is 5.67. The fourth-order valence-corrected chi connectivity index (χ4v) is 3.56. The number of sulfone groups is 1. The minimum absolute atomic E-state index is 0.217. The Morgan fingerprint density at radius 3 is 2.39 bits per heavy atom. The molecule has 1 aromatic carbocycles. The van der Waals surface area contributed by atoms with E-state index in [1.54, 1.807) is 40.0 Å². The first-order chi connectivity index (χ1) is 8.38. The van der Waals surface area contributed by atoms with Crippen LogP contribution in [0.4, 0.5) is 0 Å². The smallest absolute Gasteiger partial charge is 0.194 e. The Balaban J connectivity index is 3.44. The second kappa shape index (κ2) is 5.40. The van der Waals surface area contributed by atoms with Crippen molar-refractivity contribution in [1.82, 2.24) is 0 Å². The minimum atomic E-state index is -3.60. The Morgan fingerprint density at radius 1 is 1.33 bits per heavy atom. The maximum absolute atomic E-state index is 12.3. The summed E-state index contributed by atoms with van der Waals surface area (Å²) in [6, 6.07) is 5.11. The molecule has 0 aromatic heterocycles. The molecule has 1 unspecified atom stereocenters. The Hall–Kier alpha value is -1.54. The lowest BCUT2D eigenvalue weighted by Gasteiger charge is -2.14. The maximum Gasteiger partial charge on any atom is 0.194 e. The number of ether oxygens (including phenoxy) is 1. The average molecular weight is 267 g/mol. The van der Waals surface area contributed by atoms with Gasteiger partial charge in [-0.25, -0.2) is 8.42 Å². The zero-order valence-electron chi connectivity index (χ0n) is 11.0. The molecule has 0 fully saturated rings. The van der Waals surface area contributed by atoms with Gasteiger partial charge in [-0.1, -0.05) is 6.92 Å². The molecule has 0 aliphatic rings. The standard InChI is InChI=1S/C13H17NO3S/c1-5-11(8-14)18(15,16)13-7-9(2)12(17-4)6-10(13)3/h6-7,11H,5H2,1-4H3. The van der Waals surface area contributed by atoms with Crippen LogP contribution in [0.15, 0.2) is 17.0 Å². The van der Waals surface area contributed by atoms with Crippen LogP contribution in [0.5, 0.6) is 5.75 Å². The lowest BCUT2D eigenvalue weighted by atomic mass is 10.1. The van der Waals surface area contributed by atoms with Gasteiger partial charge in [0.25, 0.3) is 0 Å². The van der Waals surface area contributed by atoms with Crippen LogP contribution in [0.1, 0.15) is 24.5 Å². The number of methoxy groups -OCH3 is 1. The number of hydrogen-bond donors (Lipinski definition) is 0. The molecule has 0 heterocycles. The quantitative estimate of drug-likeness (QED) is 0.840. The van der Waals surface area contributed by atoms with Gasteiger partial charge < -0.3 is 4.74 Å². The summed E-state index contributed by atoms with van der Waals surface area (Å²) in [5, 5.41) is 7.93. The molecule has 0 amide bonds. The van der Waals surface area contributed by atoms with Gasteiger partial charge in [0.15, 0.2) is 15.1 Å². The van der Waals surface area contributed by atoms with Crippen molar-refractivity contribution in [3.63, 3.8) is 0 Å². The van der Waals surface area contributed by atoms with Gasteiger partial charge in [-0.15, -0.1) is 0 Å². The van der Waals surface area contributed by atoms with Crippen molar-refractivity contribution < 1.29 is 13.2 Å². The predicted molar refractivity (Wildman–Crippen MR) is 69.3 cm³/mol.